The van der Waals surface area contributed by atoms with E-state index in [1.54, 1.807) is 27.8 Å². The lowest BCUT2D eigenvalue weighted by Crippen LogP contribution is -2.37. The van der Waals surface area contributed by atoms with Crippen molar-refractivity contribution in [2.45, 2.75) is 32.5 Å². The van der Waals surface area contributed by atoms with Gasteiger partial charge in [-0.1, -0.05) is 0 Å². The van der Waals surface area contributed by atoms with Gasteiger partial charge in [0.2, 0.25) is 5.95 Å². The van der Waals surface area contributed by atoms with Gasteiger partial charge >= 0.3 is 6.18 Å². The van der Waals surface area contributed by atoms with Crippen LogP contribution in [0.4, 0.5) is 24.9 Å². The van der Waals surface area contributed by atoms with E-state index in [0.29, 0.717) is 6.54 Å². The molecule has 0 radical (unpaired) electrons. The first-order valence-electron chi connectivity index (χ1n) is 6.16. The highest BCUT2D eigenvalue weighted by molar-refractivity contribution is 5.45. The normalized spacial score (nSPS) is 12.4. The van der Waals surface area contributed by atoms with Crippen molar-refractivity contribution in [3.63, 3.8) is 0 Å². The van der Waals surface area contributed by atoms with E-state index in [2.05, 4.69) is 15.3 Å². The zero-order chi connectivity index (χ0) is 15.6. The van der Waals surface area contributed by atoms with Gasteiger partial charge in [-0.05, 0) is 20.8 Å². The number of nitrogens with zero attached hydrogens (tertiary/aromatic N) is 3. The van der Waals surface area contributed by atoms with Crippen LogP contribution >= 0.6 is 0 Å². The van der Waals surface area contributed by atoms with Crippen LogP contribution in [0.5, 0.6) is 0 Å². The van der Waals surface area contributed by atoms with E-state index in [9.17, 15) is 18.3 Å². The minimum Gasteiger partial charge on any atom is -0.389 e. The Morgan fingerprint density at radius 1 is 1.30 bits per heavy atom. The standard InChI is InChI=1S/C12H19F3N4O/c1-5-16-10-17-8(12(13,14)15)6-9(18-10)19(4)7-11(2,3)20/h6,20H,5,7H2,1-4H3,(H,16,17,18). The van der Waals surface area contributed by atoms with E-state index in [1.807, 2.05) is 0 Å². The first kappa shape index (κ1) is 16.5. The molecule has 0 unspecified atom stereocenters. The summed E-state index contributed by atoms with van der Waals surface area (Å²) in [6.45, 7) is 5.44. The molecule has 0 amide bonds. The summed E-state index contributed by atoms with van der Waals surface area (Å²) in [5, 5.41) is 12.4. The average molecular weight is 292 g/mol. The van der Waals surface area contributed by atoms with Gasteiger partial charge in [0.05, 0.1) is 5.60 Å². The second-order valence-corrected chi connectivity index (χ2v) is 5.13. The monoisotopic (exact) mass is 292 g/mol. The quantitative estimate of drug-likeness (QED) is 0.870. The molecule has 114 valence electrons. The van der Waals surface area contributed by atoms with Gasteiger partial charge in [0, 0.05) is 26.2 Å². The zero-order valence-electron chi connectivity index (χ0n) is 11.9. The summed E-state index contributed by atoms with van der Waals surface area (Å²) in [6, 6.07) is 0.868. The van der Waals surface area contributed by atoms with Crippen molar-refractivity contribution in [3.05, 3.63) is 11.8 Å². The second-order valence-electron chi connectivity index (χ2n) is 5.13. The molecule has 0 aliphatic rings. The molecule has 8 heteroatoms. The minimum atomic E-state index is -4.54. The molecule has 0 aromatic carbocycles. The molecule has 0 saturated carbocycles. The molecule has 1 aromatic heterocycles. The van der Waals surface area contributed by atoms with Crippen molar-refractivity contribution in [2.75, 3.05) is 30.4 Å². The number of nitrogens with one attached hydrogen (secondary N) is 1. The van der Waals surface area contributed by atoms with Gasteiger partial charge < -0.3 is 15.3 Å². The Kier molecular flexibility index (Phi) is 4.80. The van der Waals surface area contributed by atoms with Gasteiger partial charge in [-0.15, -0.1) is 0 Å². The highest BCUT2D eigenvalue weighted by Crippen LogP contribution is 2.30. The van der Waals surface area contributed by atoms with Crippen LogP contribution in [-0.2, 0) is 6.18 Å². The van der Waals surface area contributed by atoms with Crippen LogP contribution in [0.1, 0.15) is 26.5 Å². The lowest BCUT2D eigenvalue weighted by atomic mass is 10.1. The van der Waals surface area contributed by atoms with Gasteiger partial charge in [0.15, 0.2) is 5.69 Å². The van der Waals surface area contributed by atoms with Crippen LogP contribution in [0.3, 0.4) is 0 Å². The molecule has 0 fully saturated rings. The summed E-state index contributed by atoms with van der Waals surface area (Å²) in [5.41, 5.74) is -2.06. The number of hydrogen-bond acceptors (Lipinski definition) is 5. The van der Waals surface area contributed by atoms with E-state index in [-0.39, 0.29) is 18.3 Å². The van der Waals surface area contributed by atoms with Crippen molar-refractivity contribution in [3.8, 4) is 0 Å². The molecular formula is C12H19F3N4O. The third-order valence-electron chi connectivity index (χ3n) is 2.35. The maximum absolute atomic E-state index is 12.8. The second kappa shape index (κ2) is 5.82. The summed E-state index contributed by atoms with van der Waals surface area (Å²) < 4.78 is 38.4. The number of rotatable bonds is 5. The largest absolute Gasteiger partial charge is 0.433 e. The summed E-state index contributed by atoms with van der Waals surface area (Å²) in [6.07, 6.45) is -4.54. The van der Waals surface area contributed by atoms with E-state index < -0.39 is 17.5 Å². The SMILES string of the molecule is CCNc1nc(N(C)CC(C)(C)O)cc(C(F)(F)F)n1. The molecule has 20 heavy (non-hydrogen) atoms. The predicted octanol–water partition coefficient (Wildman–Crippen LogP) is 2.13. The molecule has 5 nitrogen and oxygen atoms in total. The number of hydrogen-bond donors (Lipinski definition) is 2. The Bertz CT molecular complexity index is 457. The van der Waals surface area contributed by atoms with Crippen LogP contribution < -0.4 is 10.2 Å². The minimum absolute atomic E-state index is 0.0834. The predicted molar refractivity (Wildman–Crippen MR) is 70.8 cm³/mol. The summed E-state index contributed by atoms with van der Waals surface area (Å²) in [5.74, 6) is 0.0188. The van der Waals surface area contributed by atoms with Gasteiger partial charge in [-0.25, -0.2) is 4.98 Å². The van der Waals surface area contributed by atoms with Crippen molar-refractivity contribution in [1.29, 1.82) is 0 Å². The Morgan fingerprint density at radius 2 is 1.90 bits per heavy atom. The van der Waals surface area contributed by atoms with E-state index >= 15 is 0 Å². The lowest BCUT2D eigenvalue weighted by molar-refractivity contribution is -0.141. The van der Waals surface area contributed by atoms with Gasteiger partial charge in [-0.3, -0.25) is 0 Å². The topological polar surface area (TPSA) is 61.3 Å². The van der Waals surface area contributed by atoms with E-state index in [0.717, 1.165) is 6.07 Å². The van der Waals surface area contributed by atoms with Crippen molar-refractivity contribution >= 4 is 11.8 Å². The highest BCUT2D eigenvalue weighted by atomic mass is 19.4. The van der Waals surface area contributed by atoms with Crippen molar-refractivity contribution < 1.29 is 18.3 Å². The Labute approximate surface area is 115 Å². The number of aromatic nitrogens is 2. The molecule has 0 atom stereocenters. The van der Waals surface area contributed by atoms with E-state index in [1.165, 1.54) is 4.90 Å². The lowest BCUT2D eigenvalue weighted by Gasteiger charge is -2.27. The zero-order valence-corrected chi connectivity index (χ0v) is 11.9. The third-order valence-corrected chi connectivity index (χ3v) is 2.35. The molecule has 0 aliphatic heterocycles. The molecule has 2 N–H and O–H groups in total. The molecule has 0 bridgehead atoms. The molecule has 1 aromatic rings. The van der Waals surface area contributed by atoms with Crippen molar-refractivity contribution in [1.82, 2.24) is 9.97 Å². The maximum Gasteiger partial charge on any atom is 0.433 e. The molecule has 0 aliphatic carbocycles. The number of anilines is 2. The van der Waals surface area contributed by atoms with Gasteiger partial charge in [-0.2, -0.15) is 18.2 Å². The number of halogens is 3. The highest BCUT2D eigenvalue weighted by Gasteiger charge is 2.34. The summed E-state index contributed by atoms with van der Waals surface area (Å²) >= 11 is 0. The van der Waals surface area contributed by atoms with Gasteiger partial charge in [0.25, 0.3) is 0 Å². The third kappa shape index (κ3) is 4.84. The molecule has 0 saturated heterocycles. The van der Waals surface area contributed by atoms with Gasteiger partial charge in [0.1, 0.15) is 5.82 Å². The number of aliphatic hydroxyl groups is 1. The average Bonchev–Trinajstić information content (AvgIpc) is 2.25. The van der Waals surface area contributed by atoms with Crippen LogP contribution in [0.2, 0.25) is 0 Å². The summed E-state index contributed by atoms with van der Waals surface area (Å²) in [4.78, 5) is 8.91. The number of alkyl halides is 3. The molecule has 1 heterocycles. The Hall–Kier alpha value is -1.57. The fourth-order valence-corrected chi connectivity index (χ4v) is 1.67. The first-order valence-corrected chi connectivity index (χ1v) is 6.16. The molecule has 0 spiro atoms. The molecule has 1 rings (SSSR count). The first-order chi connectivity index (χ1) is 9.03. The fourth-order valence-electron chi connectivity index (χ4n) is 1.67. The smallest absolute Gasteiger partial charge is 0.389 e. The Morgan fingerprint density at radius 3 is 2.35 bits per heavy atom. The Balaban J connectivity index is 3.15. The van der Waals surface area contributed by atoms with Crippen molar-refractivity contribution in [2.24, 2.45) is 0 Å². The molecular weight excluding hydrogens is 273 g/mol. The van der Waals surface area contributed by atoms with E-state index in [4.69, 9.17) is 0 Å². The number of likely N-dealkylation sites (N-methyl/N-ethyl adjacent to an activating group) is 1. The van der Waals surface area contributed by atoms with Crippen LogP contribution in [0.15, 0.2) is 6.07 Å². The van der Waals surface area contributed by atoms with Crippen LogP contribution in [0, 0.1) is 0 Å². The van der Waals surface area contributed by atoms with Crippen LogP contribution in [-0.4, -0.2) is 40.8 Å². The maximum atomic E-state index is 12.8. The van der Waals surface area contributed by atoms with Crippen LogP contribution in [0.25, 0.3) is 0 Å². The summed E-state index contributed by atoms with van der Waals surface area (Å²) in [7, 11) is 1.57. The fraction of sp³-hybridized carbons (Fsp3) is 0.667.